The van der Waals surface area contributed by atoms with Gasteiger partial charge in [-0.05, 0) is 36.8 Å². The molecule has 3 aromatic rings. The minimum atomic E-state index is -4.05. The fourth-order valence-electron chi connectivity index (χ4n) is 2.93. The Kier molecular flexibility index (Phi) is 4.27. The van der Waals surface area contributed by atoms with Gasteiger partial charge >= 0.3 is 0 Å². The SMILES string of the molecule is O=C(c1ccc(NS(=O)(=O)c2cccc3cccnc23)c(F)c1)N1CCC1. The van der Waals surface area contributed by atoms with Gasteiger partial charge in [-0.3, -0.25) is 14.5 Å². The Balaban J connectivity index is 1.65. The first-order valence-corrected chi connectivity index (χ1v) is 9.89. The summed E-state index contributed by atoms with van der Waals surface area (Å²) in [7, 11) is -4.05. The van der Waals surface area contributed by atoms with Gasteiger partial charge in [0.2, 0.25) is 0 Å². The molecule has 0 aliphatic carbocycles. The van der Waals surface area contributed by atoms with Gasteiger partial charge in [0.25, 0.3) is 15.9 Å². The number of hydrogen-bond donors (Lipinski definition) is 1. The first-order chi connectivity index (χ1) is 13.0. The molecular weight excluding hydrogens is 369 g/mol. The molecule has 1 N–H and O–H groups in total. The van der Waals surface area contributed by atoms with Crippen LogP contribution < -0.4 is 4.72 Å². The highest BCUT2D eigenvalue weighted by atomic mass is 32.2. The minimum absolute atomic E-state index is 0.0410. The van der Waals surface area contributed by atoms with Gasteiger partial charge in [-0.25, -0.2) is 12.8 Å². The largest absolute Gasteiger partial charge is 0.339 e. The first-order valence-electron chi connectivity index (χ1n) is 8.41. The maximum absolute atomic E-state index is 14.4. The quantitative estimate of drug-likeness (QED) is 0.749. The number of amides is 1. The maximum Gasteiger partial charge on any atom is 0.264 e. The lowest BCUT2D eigenvalue weighted by atomic mass is 10.1. The van der Waals surface area contributed by atoms with E-state index in [9.17, 15) is 17.6 Å². The van der Waals surface area contributed by atoms with E-state index in [0.29, 0.717) is 24.0 Å². The number of para-hydroxylation sites is 1. The summed E-state index contributed by atoms with van der Waals surface area (Å²) < 4.78 is 42.2. The summed E-state index contributed by atoms with van der Waals surface area (Å²) in [5.41, 5.74) is 0.280. The number of carbonyl (C=O) groups is 1. The molecule has 1 saturated heterocycles. The van der Waals surface area contributed by atoms with Gasteiger partial charge < -0.3 is 4.90 Å². The van der Waals surface area contributed by atoms with Gasteiger partial charge in [-0.15, -0.1) is 0 Å². The molecule has 1 aromatic heterocycles. The number of rotatable bonds is 4. The standard InChI is InChI=1S/C19H16FN3O3S/c20-15-12-14(19(24)23-10-3-11-23)7-8-16(15)22-27(25,26)17-6-1-4-13-5-2-9-21-18(13)17/h1-2,4-9,12,22H,3,10-11H2. The molecular formula is C19H16FN3O3S. The van der Waals surface area contributed by atoms with Gasteiger partial charge in [-0.2, -0.15) is 0 Å². The highest BCUT2D eigenvalue weighted by Gasteiger charge is 2.24. The molecule has 4 rings (SSSR count). The van der Waals surface area contributed by atoms with E-state index in [0.717, 1.165) is 12.5 Å². The average molecular weight is 385 g/mol. The first kappa shape index (κ1) is 17.4. The molecule has 0 bridgehead atoms. The molecule has 0 unspecified atom stereocenters. The number of fused-ring (bicyclic) bond motifs is 1. The van der Waals surface area contributed by atoms with Crippen molar-refractivity contribution in [2.24, 2.45) is 0 Å². The number of benzene rings is 2. The molecule has 1 fully saturated rings. The van der Waals surface area contributed by atoms with Crippen LogP contribution in [-0.4, -0.2) is 37.3 Å². The number of sulfonamides is 1. The highest BCUT2D eigenvalue weighted by molar-refractivity contribution is 7.93. The van der Waals surface area contributed by atoms with Crippen molar-refractivity contribution in [3.8, 4) is 0 Å². The van der Waals surface area contributed by atoms with E-state index in [-0.39, 0.29) is 22.1 Å². The van der Waals surface area contributed by atoms with Crippen molar-refractivity contribution in [2.75, 3.05) is 17.8 Å². The number of anilines is 1. The molecule has 1 amide bonds. The Labute approximate surface area is 155 Å². The van der Waals surface area contributed by atoms with Crippen molar-refractivity contribution in [3.05, 3.63) is 66.1 Å². The number of aromatic nitrogens is 1. The Bertz CT molecular complexity index is 1140. The van der Waals surface area contributed by atoms with Crippen LogP contribution in [0.3, 0.4) is 0 Å². The summed E-state index contributed by atoms with van der Waals surface area (Å²) in [5, 5.41) is 0.663. The number of hydrogen-bond acceptors (Lipinski definition) is 4. The molecule has 2 heterocycles. The van der Waals surface area contributed by atoms with Crippen LogP contribution in [0.1, 0.15) is 16.8 Å². The van der Waals surface area contributed by atoms with Gasteiger partial charge in [0.15, 0.2) is 0 Å². The lowest BCUT2D eigenvalue weighted by molar-refractivity contribution is 0.0651. The van der Waals surface area contributed by atoms with E-state index < -0.39 is 15.8 Å². The topological polar surface area (TPSA) is 79.4 Å². The number of pyridine rings is 1. The van der Waals surface area contributed by atoms with E-state index in [2.05, 4.69) is 9.71 Å². The third-order valence-electron chi connectivity index (χ3n) is 4.49. The average Bonchev–Trinajstić information content (AvgIpc) is 2.61. The molecule has 0 atom stereocenters. The number of carbonyl (C=O) groups excluding carboxylic acids is 1. The normalized spacial score (nSPS) is 14.0. The van der Waals surface area contributed by atoms with E-state index >= 15 is 0 Å². The summed E-state index contributed by atoms with van der Waals surface area (Å²) in [5.74, 6) is -1.06. The number of nitrogens with zero attached hydrogens (tertiary/aromatic N) is 2. The number of halogens is 1. The molecule has 8 heteroatoms. The third kappa shape index (κ3) is 3.23. The maximum atomic E-state index is 14.4. The van der Waals surface area contributed by atoms with Crippen molar-refractivity contribution in [3.63, 3.8) is 0 Å². The van der Waals surface area contributed by atoms with Crippen LogP contribution in [-0.2, 0) is 10.0 Å². The number of nitrogens with one attached hydrogen (secondary N) is 1. The second-order valence-corrected chi connectivity index (χ2v) is 7.93. The van der Waals surface area contributed by atoms with Crippen molar-refractivity contribution in [1.82, 2.24) is 9.88 Å². The Morgan fingerprint density at radius 3 is 2.59 bits per heavy atom. The summed E-state index contributed by atoms with van der Waals surface area (Å²) >= 11 is 0. The van der Waals surface area contributed by atoms with Crippen molar-refractivity contribution < 1.29 is 17.6 Å². The predicted molar refractivity (Wildman–Crippen MR) is 99.5 cm³/mol. The molecule has 0 spiro atoms. The van der Waals surface area contributed by atoms with Crippen LogP contribution in [0.5, 0.6) is 0 Å². The molecule has 6 nitrogen and oxygen atoms in total. The second-order valence-electron chi connectivity index (χ2n) is 6.28. The van der Waals surface area contributed by atoms with E-state index in [4.69, 9.17) is 0 Å². The molecule has 1 aliphatic rings. The number of likely N-dealkylation sites (tertiary alicyclic amines) is 1. The second kappa shape index (κ2) is 6.62. The van der Waals surface area contributed by atoms with E-state index in [1.807, 2.05) is 0 Å². The molecule has 27 heavy (non-hydrogen) atoms. The zero-order valence-corrected chi connectivity index (χ0v) is 15.0. The molecule has 138 valence electrons. The van der Waals surface area contributed by atoms with Crippen molar-refractivity contribution in [2.45, 2.75) is 11.3 Å². The summed E-state index contributed by atoms with van der Waals surface area (Å²) in [4.78, 5) is 17.8. The van der Waals surface area contributed by atoms with Gasteiger partial charge in [0, 0.05) is 30.2 Å². The molecule has 1 aliphatic heterocycles. The van der Waals surface area contributed by atoms with E-state index in [1.165, 1.54) is 24.4 Å². The molecule has 0 radical (unpaired) electrons. The van der Waals surface area contributed by atoms with Crippen LogP contribution >= 0.6 is 0 Å². The van der Waals surface area contributed by atoms with Crippen LogP contribution in [0.25, 0.3) is 10.9 Å². The Morgan fingerprint density at radius 1 is 1.11 bits per heavy atom. The highest BCUT2D eigenvalue weighted by Crippen LogP contribution is 2.25. The van der Waals surface area contributed by atoms with E-state index in [1.54, 1.807) is 29.2 Å². The Morgan fingerprint density at radius 2 is 1.89 bits per heavy atom. The van der Waals surface area contributed by atoms with Crippen LogP contribution in [0.15, 0.2) is 59.6 Å². The summed E-state index contributed by atoms with van der Waals surface area (Å²) in [6.45, 7) is 1.31. The van der Waals surface area contributed by atoms with Gasteiger partial charge in [0.1, 0.15) is 10.7 Å². The summed E-state index contributed by atoms with van der Waals surface area (Å²) in [6.07, 6.45) is 2.43. The predicted octanol–water partition coefficient (Wildman–Crippen LogP) is 3.02. The third-order valence-corrected chi connectivity index (χ3v) is 5.89. The minimum Gasteiger partial charge on any atom is -0.339 e. The lowest BCUT2D eigenvalue weighted by Crippen LogP contribution is -2.42. The van der Waals surface area contributed by atoms with Crippen LogP contribution in [0, 0.1) is 5.82 Å². The van der Waals surface area contributed by atoms with Gasteiger partial charge in [0.05, 0.1) is 11.2 Å². The van der Waals surface area contributed by atoms with Gasteiger partial charge in [-0.1, -0.05) is 18.2 Å². The van der Waals surface area contributed by atoms with Crippen LogP contribution in [0.2, 0.25) is 0 Å². The fraction of sp³-hybridized carbons (Fsp3) is 0.158. The zero-order chi connectivity index (χ0) is 19.0. The van der Waals surface area contributed by atoms with Crippen molar-refractivity contribution in [1.29, 1.82) is 0 Å². The van der Waals surface area contributed by atoms with Crippen LogP contribution in [0.4, 0.5) is 10.1 Å². The monoisotopic (exact) mass is 385 g/mol. The summed E-state index contributed by atoms with van der Waals surface area (Å²) in [6, 6.07) is 12.0. The molecule has 2 aromatic carbocycles. The molecule has 0 saturated carbocycles. The fourth-order valence-corrected chi connectivity index (χ4v) is 4.17. The lowest BCUT2D eigenvalue weighted by Gasteiger charge is -2.30. The zero-order valence-electron chi connectivity index (χ0n) is 14.2. The van der Waals surface area contributed by atoms with Crippen molar-refractivity contribution >= 4 is 32.5 Å². The Hall–Kier alpha value is -3.00. The smallest absolute Gasteiger partial charge is 0.264 e.